The first-order valence-corrected chi connectivity index (χ1v) is 7.61. The van der Waals surface area contributed by atoms with Gasteiger partial charge in [-0.2, -0.15) is 0 Å². The Bertz CT molecular complexity index is 519. The van der Waals surface area contributed by atoms with Gasteiger partial charge in [0, 0.05) is 26.2 Å². The molecule has 0 bridgehead atoms. The Labute approximate surface area is 118 Å². The highest BCUT2D eigenvalue weighted by molar-refractivity contribution is 7.89. The number of benzene rings is 1. The van der Waals surface area contributed by atoms with Gasteiger partial charge in [0.05, 0.1) is 25.5 Å². The summed E-state index contributed by atoms with van der Waals surface area (Å²) in [6, 6.07) is 4.28. The molecule has 0 fully saturated rings. The maximum atomic E-state index is 11.2. The maximum Gasteiger partial charge on any atom is 0.240 e. The first kappa shape index (κ1) is 16.7. The molecule has 0 aliphatic carbocycles. The van der Waals surface area contributed by atoms with Crippen LogP contribution in [0.4, 0.5) is 5.69 Å². The predicted octanol–water partition coefficient (Wildman–Crippen LogP) is 0.348. The largest absolute Gasteiger partial charge is 0.493 e. The summed E-state index contributed by atoms with van der Waals surface area (Å²) >= 11 is 0. The van der Waals surface area contributed by atoms with Crippen LogP contribution in [0.15, 0.2) is 23.1 Å². The Hall–Kier alpha value is -1.35. The van der Waals surface area contributed by atoms with E-state index >= 15 is 0 Å². The predicted molar refractivity (Wildman–Crippen MR) is 75.0 cm³/mol. The van der Waals surface area contributed by atoms with Crippen molar-refractivity contribution in [2.45, 2.75) is 11.3 Å². The van der Waals surface area contributed by atoms with Crippen LogP contribution in [-0.4, -0.2) is 42.0 Å². The van der Waals surface area contributed by atoms with E-state index in [1.807, 2.05) is 0 Å². The van der Waals surface area contributed by atoms with Crippen LogP contribution in [-0.2, 0) is 19.5 Å². The van der Waals surface area contributed by atoms with E-state index in [2.05, 4.69) is 0 Å². The fourth-order valence-corrected chi connectivity index (χ4v) is 2.12. The summed E-state index contributed by atoms with van der Waals surface area (Å²) in [6.07, 6.45) is 0.709. The molecular weight excluding hydrogens is 284 g/mol. The van der Waals surface area contributed by atoms with E-state index < -0.39 is 10.0 Å². The smallest absolute Gasteiger partial charge is 0.240 e. The molecule has 0 aromatic heterocycles. The van der Waals surface area contributed by atoms with Crippen LogP contribution in [0.3, 0.4) is 0 Å². The van der Waals surface area contributed by atoms with Crippen molar-refractivity contribution in [3.05, 3.63) is 18.2 Å². The highest BCUT2D eigenvalue weighted by Gasteiger charge is 2.12. The third kappa shape index (κ3) is 5.74. The van der Waals surface area contributed by atoms with Crippen LogP contribution in [0.5, 0.6) is 5.75 Å². The van der Waals surface area contributed by atoms with Crippen molar-refractivity contribution in [3.8, 4) is 5.75 Å². The Morgan fingerprint density at radius 1 is 1.15 bits per heavy atom. The van der Waals surface area contributed by atoms with E-state index in [1.165, 1.54) is 18.2 Å². The van der Waals surface area contributed by atoms with Crippen molar-refractivity contribution < 1.29 is 22.6 Å². The summed E-state index contributed by atoms with van der Waals surface area (Å²) in [7, 11) is -2.19. The Kier molecular flexibility index (Phi) is 6.73. The average molecular weight is 304 g/mol. The quantitative estimate of drug-likeness (QED) is 0.502. The minimum atomic E-state index is -3.80. The van der Waals surface area contributed by atoms with Crippen LogP contribution in [0.2, 0.25) is 0 Å². The van der Waals surface area contributed by atoms with Crippen LogP contribution in [0.1, 0.15) is 6.42 Å². The van der Waals surface area contributed by atoms with Crippen LogP contribution in [0, 0.1) is 0 Å². The van der Waals surface area contributed by atoms with Crippen molar-refractivity contribution >= 4 is 15.7 Å². The molecule has 0 saturated carbocycles. The third-order valence-corrected chi connectivity index (χ3v) is 3.41. The fraction of sp³-hybridized carbons (Fsp3) is 0.500. The minimum absolute atomic E-state index is 0.0707. The second-order valence-corrected chi connectivity index (χ2v) is 5.58. The lowest BCUT2D eigenvalue weighted by atomic mass is 10.3. The van der Waals surface area contributed by atoms with Crippen LogP contribution in [0.25, 0.3) is 0 Å². The molecule has 114 valence electrons. The van der Waals surface area contributed by atoms with E-state index in [-0.39, 0.29) is 10.6 Å². The number of ether oxygens (including phenoxy) is 3. The summed E-state index contributed by atoms with van der Waals surface area (Å²) in [4.78, 5) is -0.104. The highest BCUT2D eigenvalue weighted by Crippen LogP contribution is 2.22. The highest BCUT2D eigenvalue weighted by atomic mass is 32.2. The van der Waals surface area contributed by atoms with Gasteiger partial charge in [-0.1, -0.05) is 0 Å². The van der Waals surface area contributed by atoms with Gasteiger partial charge in [0.25, 0.3) is 0 Å². The molecule has 1 rings (SSSR count). The molecule has 1 aromatic carbocycles. The van der Waals surface area contributed by atoms with E-state index in [0.29, 0.717) is 38.6 Å². The van der Waals surface area contributed by atoms with Gasteiger partial charge in [0.1, 0.15) is 10.6 Å². The minimum Gasteiger partial charge on any atom is -0.493 e. The van der Waals surface area contributed by atoms with Crippen molar-refractivity contribution in [1.29, 1.82) is 0 Å². The van der Waals surface area contributed by atoms with Gasteiger partial charge in [-0.25, -0.2) is 13.6 Å². The van der Waals surface area contributed by atoms with E-state index in [1.54, 1.807) is 7.11 Å². The summed E-state index contributed by atoms with van der Waals surface area (Å²) < 4.78 is 37.9. The molecule has 7 nitrogen and oxygen atoms in total. The number of nitrogens with two attached hydrogens (primary N) is 2. The number of hydrogen-bond acceptors (Lipinski definition) is 6. The van der Waals surface area contributed by atoms with Crippen molar-refractivity contribution in [2.24, 2.45) is 5.14 Å². The maximum absolute atomic E-state index is 11.2. The first-order valence-electron chi connectivity index (χ1n) is 6.07. The zero-order valence-corrected chi connectivity index (χ0v) is 12.2. The lowest BCUT2D eigenvalue weighted by molar-refractivity contribution is 0.0644. The second-order valence-electron chi connectivity index (χ2n) is 4.05. The van der Waals surface area contributed by atoms with E-state index in [0.717, 1.165) is 0 Å². The molecule has 0 aliphatic heterocycles. The van der Waals surface area contributed by atoms with Crippen LogP contribution < -0.4 is 15.6 Å². The van der Waals surface area contributed by atoms with Crippen molar-refractivity contribution in [3.63, 3.8) is 0 Å². The SMILES string of the molecule is COCCOCCCOc1ccc(S(N)(=O)=O)c(N)c1. The van der Waals surface area contributed by atoms with Gasteiger partial charge in [-0.05, 0) is 12.1 Å². The molecule has 20 heavy (non-hydrogen) atoms. The number of anilines is 1. The molecule has 0 radical (unpaired) electrons. The Morgan fingerprint density at radius 3 is 2.50 bits per heavy atom. The molecule has 0 atom stereocenters. The van der Waals surface area contributed by atoms with Gasteiger partial charge in [0.2, 0.25) is 10.0 Å². The molecule has 0 spiro atoms. The number of hydrogen-bond donors (Lipinski definition) is 2. The number of rotatable bonds is 9. The molecule has 0 heterocycles. The molecule has 4 N–H and O–H groups in total. The zero-order chi connectivity index (χ0) is 15.0. The van der Waals surface area contributed by atoms with Gasteiger partial charge < -0.3 is 19.9 Å². The van der Waals surface area contributed by atoms with Crippen molar-refractivity contribution in [2.75, 3.05) is 39.3 Å². The molecule has 1 aromatic rings. The molecular formula is C12H20N2O5S. The molecule has 8 heteroatoms. The summed E-state index contributed by atoms with van der Waals surface area (Å²) in [6.45, 7) is 2.12. The topological polar surface area (TPSA) is 114 Å². The Morgan fingerprint density at radius 2 is 1.90 bits per heavy atom. The van der Waals surface area contributed by atoms with Gasteiger partial charge >= 0.3 is 0 Å². The monoisotopic (exact) mass is 304 g/mol. The van der Waals surface area contributed by atoms with Gasteiger partial charge in [-0.15, -0.1) is 0 Å². The lowest BCUT2D eigenvalue weighted by Crippen LogP contribution is -2.14. The summed E-state index contributed by atoms with van der Waals surface area (Å²) in [5.74, 6) is 0.492. The molecule has 0 saturated heterocycles. The number of methoxy groups -OCH3 is 1. The number of sulfonamides is 1. The molecule has 0 aliphatic rings. The average Bonchev–Trinajstić information content (AvgIpc) is 2.36. The normalized spacial score (nSPS) is 11.5. The van der Waals surface area contributed by atoms with Crippen molar-refractivity contribution in [1.82, 2.24) is 0 Å². The molecule has 0 unspecified atom stereocenters. The first-order chi connectivity index (χ1) is 9.45. The van der Waals surface area contributed by atoms with E-state index in [9.17, 15) is 8.42 Å². The standard InChI is InChI=1S/C12H20N2O5S/c1-17-7-8-18-5-2-6-19-10-3-4-12(11(13)9-10)20(14,15)16/h3-4,9H,2,5-8,13H2,1H3,(H2,14,15,16). The van der Waals surface area contributed by atoms with Crippen LogP contribution >= 0.6 is 0 Å². The lowest BCUT2D eigenvalue weighted by Gasteiger charge is -2.09. The Balaban J connectivity index is 2.37. The van der Waals surface area contributed by atoms with Gasteiger partial charge in [-0.3, -0.25) is 0 Å². The summed E-state index contributed by atoms with van der Waals surface area (Å²) in [5, 5.41) is 5.01. The van der Waals surface area contributed by atoms with Gasteiger partial charge in [0.15, 0.2) is 0 Å². The number of nitrogen functional groups attached to an aromatic ring is 1. The second kappa shape index (κ2) is 8.05. The zero-order valence-electron chi connectivity index (χ0n) is 11.4. The fourth-order valence-electron chi connectivity index (χ4n) is 1.47. The summed E-state index contributed by atoms with van der Waals surface area (Å²) in [5.41, 5.74) is 5.69. The van der Waals surface area contributed by atoms with E-state index in [4.69, 9.17) is 25.1 Å². The number of primary sulfonamides is 1. The molecule has 0 amide bonds. The third-order valence-electron chi connectivity index (χ3n) is 2.42.